The number of anilines is 1. The molecule has 0 saturated heterocycles. The molecule has 1 aromatic heterocycles. The van der Waals surface area contributed by atoms with Gasteiger partial charge in [-0.05, 0) is 36.4 Å². The van der Waals surface area contributed by atoms with Crippen molar-refractivity contribution in [3.05, 3.63) is 77.7 Å². The van der Waals surface area contributed by atoms with Crippen molar-refractivity contribution < 1.29 is 31.8 Å². The molecule has 0 fully saturated rings. The zero-order valence-electron chi connectivity index (χ0n) is 20.1. The molecule has 0 bridgehead atoms. The van der Waals surface area contributed by atoms with Crippen molar-refractivity contribution in [2.45, 2.75) is 10.9 Å². The van der Waals surface area contributed by atoms with Crippen LogP contribution in [-0.2, 0) is 9.84 Å². The summed E-state index contributed by atoms with van der Waals surface area (Å²) >= 11 is 0. The molecule has 0 spiro atoms. The number of H-pyrrole nitrogens is 1. The summed E-state index contributed by atoms with van der Waals surface area (Å²) in [7, 11) is 0.773. The number of ketones is 1. The number of hydrogen-bond donors (Lipinski definition) is 2. The Bertz CT molecular complexity index is 1550. The minimum Gasteiger partial charge on any atom is -0.497 e. The highest BCUT2D eigenvalue weighted by atomic mass is 32.2. The lowest BCUT2D eigenvalue weighted by molar-refractivity contribution is 0.0970. The van der Waals surface area contributed by atoms with Gasteiger partial charge in [0.1, 0.15) is 29.1 Å². The topological polar surface area (TPSA) is 107 Å². The lowest BCUT2D eigenvalue weighted by atomic mass is 9.95. The number of sulfone groups is 1. The molecule has 10 heteroatoms. The molecule has 1 unspecified atom stereocenters. The molecule has 4 rings (SSSR count). The Labute approximate surface area is 207 Å². The van der Waals surface area contributed by atoms with Crippen molar-refractivity contribution in [2.24, 2.45) is 0 Å². The number of ether oxygens (including phenoxy) is 3. The quantitative estimate of drug-likeness (QED) is 0.311. The Morgan fingerprint density at radius 1 is 0.944 bits per heavy atom. The first kappa shape index (κ1) is 25.1. The standard InChI is InChI=1S/C26H25FN2O6S/c1-33-17-6-8-20-22(14-28-23(20)13-17)26(30)25(21-7-5-15(27)9-24(21)35-3)29-16-10-18(34-2)12-19(11-16)36(4,31)32/h5-14,25,28-29H,1-4H3. The van der Waals surface area contributed by atoms with Crippen LogP contribution in [0.5, 0.6) is 17.2 Å². The van der Waals surface area contributed by atoms with E-state index >= 15 is 0 Å². The van der Waals surface area contributed by atoms with Crippen LogP contribution in [0.4, 0.5) is 10.1 Å². The molecule has 0 aliphatic rings. The maximum Gasteiger partial charge on any atom is 0.191 e. The number of fused-ring (bicyclic) bond motifs is 1. The fourth-order valence-corrected chi connectivity index (χ4v) is 4.62. The summed E-state index contributed by atoms with van der Waals surface area (Å²) in [6.07, 6.45) is 2.67. The lowest BCUT2D eigenvalue weighted by Crippen LogP contribution is -2.22. The molecule has 0 aliphatic carbocycles. The molecule has 8 nitrogen and oxygen atoms in total. The third-order valence-electron chi connectivity index (χ3n) is 5.78. The average Bonchev–Trinajstić information content (AvgIpc) is 3.29. The van der Waals surface area contributed by atoms with Gasteiger partial charge in [-0.15, -0.1) is 0 Å². The van der Waals surface area contributed by atoms with Crippen LogP contribution in [0.25, 0.3) is 10.9 Å². The van der Waals surface area contributed by atoms with Crippen LogP contribution >= 0.6 is 0 Å². The Balaban J connectivity index is 1.86. The van der Waals surface area contributed by atoms with Crippen LogP contribution in [0.15, 0.2) is 65.7 Å². The van der Waals surface area contributed by atoms with Gasteiger partial charge in [-0.2, -0.15) is 0 Å². The predicted octanol–water partition coefficient (Wildman–Crippen LogP) is 4.77. The maximum atomic E-state index is 14.0. The summed E-state index contributed by atoms with van der Waals surface area (Å²) in [6, 6.07) is 12.5. The molecule has 0 saturated carbocycles. The largest absolute Gasteiger partial charge is 0.497 e. The number of aromatic amines is 1. The van der Waals surface area contributed by atoms with Crippen LogP contribution < -0.4 is 19.5 Å². The Morgan fingerprint density at radius 2 is 1.69 bits per heavy atom. The number of nitrogens with one attached hydrogen (secondary N) is 2. The highest BCUT2D eigenvalue weighted by molar-refractivity contribution is 7.90. The van der Waals surface area contributed by atoms with Crippen LogP contribution in [0, 0.1) is 5.82 Å². The molecule has 36 heavy (non-hydrogen) atoms. The molecule has 0 amide bonds. The molecule has 2 N–H and O–H groups in total. The third kappa shape index (κ3) is 4.99. The third-order valence-corrected chi connectivity index (χ3v) is 6.87. The van der Waals surface area contributed by atoms with Gasteiger partial charge in [0.05, 0.1) is 26.2 Å². The molecule has 0 aliphatic heterocycles. The number of hydrogen-bond acceptors (Lipinski definition) is 7. The number of methoxy groups -OCH3 is 3. The van der Waals surface area contributed by atoms with Gasteiger partial charge in [0.2, 0.25) is 0 Å². The minimum atomic E-state index is -3.57. The average molecular weight is 513 g/mol. The van der Waals surface area contributed by atoms with Gasteiger partial charge in [-0.3, -0.25) is 4.79 Å². The highest BCUT2D eigenvalue weighted by Crippen LogP contribution is 2.35. The number of carbonyl (C=O) groups excluding carboxylic acids is 1. The van der Waals surface area contributed by atoms with E-state index in [1.807, 2.05) is 0 Å². The van der Waals surface area contributed by atoms with Gasteiger partial charge >= 0.3 is 0 Å². The van der Waals surface area contributed by atoms with E-state index in [0.29, 0.717) is 33.5 Å². The van der Waals surface area contributed by atoms with Crippen molar-refractivity contribution in [1.29, 1.82) is 0 Å². The molecule has 1 atom stereocenters. The van der Waals surface area contributed by atoms with Crippen LogP contribution in [0.3, 0.4) is 0 Å². The highest BCUT2D eigenvalue weighted by Gasteiger charge is 2.28. The summed E-state index contributed by atoms with van der Waals surface area (Å²) in [4.78, 5) is 17.1. The molecular weight excluding hydrogens is 487 g/mol. The number of rotatable bonds is 9. The summed E-state index contributed by atoms with van der Waals surface area (Å²) in [5, 5.41) is 3.78. The van der Waals surface area contributed by atoms with E-state index in [-0.39, 0.29) is 22.2 Å². The fraction of sp³-hybridized carbons (Fsp3) is 0.192. The van der Waals surface area contributed by atoms with Gasteiger partial charge in [-0.25, -0.2) is 12.8 Å². The second-order valence-corrected chi connectivity index (χ2v) is 10.1. The molecule has 1 heterocycles. The van der Waals surface area contributed by atoms with Crippen molar-refractivity contribution >= 4 is 32.2 Å². The molecule has 4 aromatic rings. The first-order valence-corrected chi connectivity index (χ1v) is 12.7. The van der Waals surface area contributed by atoms with Gasteiger partial charge in [-0.1, -0.05) is 0 Å². The molecule has 0 radical (unpaired) electrons. The van der Waals surface area contributed by atoms with Crippen LogP contribution in [-0.4, -0.2) is 46.8 Å². The van der Waals surface area contributed by atoms with Gasteiger partial charge in [0.25, 0.3) is 0 Å². The summed E-state index contributed by atoms with van der Waals surface area (Å²) in [6.45, 7) is 0. The zero-order valence-corrected chi connectivity index (χ0v) is 20.9. The van der Waals surface area contributed by atoms with E-state index in [2.05, 4.69) is 10.3 Å². The minimum absolute atomic E-state index is 0.0146. The van der Waals surface area contributed by atoms with E-state index in [1.54, 1.807) is 37.6 Å². The molecule has 188 valence electrons. The van der Waals surface area contributed by atoms with E-state index in [0.717, 1.165) is 6.26 Å². The van der Waals surface area contributed by atoms with Crippen molar-refractivity contribution in [3.8, 4) is 17.2 Å². The first-order valence-electron chi connectivity index (χ1n) is 10.8. The van der Waals surface area contributed by atoms with E-state index in [4.69, 9.17) is 14.2 Å². The SMILES string of the molecule is COc1cc(NC(C(=O)c2c[nH]c3cc(OC)ccc23)c2ccc(F)cc2OC)cc(S(C)(=O)=O)c1. The second kappa shape index (κ2) is 9.90. The Hall–Kier alpha value is -4.05. The lowest BCUT2D eigenvalue weighted by Gasteiger charge is -2.22. The van der Waals surface area contributed by atoms with E-state index < -0.39 is 21.7 Å². The van der Waals surface area contributed by atoms with Crippen LogP contribution in [0.2, 0.25) is 0 Å². The summed E-state index contributed by atoms with van der Waals surface area (Å²) < 4.78 is 54.4. The number of Topliss-reactive ketones (excluding diaryl/α,β-unsaturated/α-hetero) is 1. The molecular formula is C26H25FN2O6S. The molecule has 3 aromatic carbocycles. The Kier molecular flexibility index (Phi) is 6.89. The second-order valence-electron chi connectivity index (χ2n) is 8.11. The normalized spacial score (nSPS) is 12.2. The van der Waals surface area contributed by atoms with Gasteiger partial charge in [0, 0.05) is 58.4 Å². The number of aromatic nitrogens is 1. The van der Waals surface area contributed by atoms with Crippen molar-refractivity contribution in [2.75, 3.05) is 32.9 Å². The number of carbonyl (C=O) groups is 1. The monoisotopic (exact) mass is 512 g/mol. The van der Waals surface area contributed by atoms with Crippen LogP contribution in [0.1, 0.15) is 22.0 Å². The number of halogens is 1. The predicted molar refractivity (Wildman–Crippen MR) is 135 cm³/mol. The fourth-order valence-electron chi connectivity index (χ4n) is 3.95. The van der Waals surface area contributed by atoms with Gasteiger partial charge < -0.3 is 24.5 Å². The Morgan fingerprint density at radius 3 is 2.36 bits per heavy atom. The van der Waals surface area contributed by atoms with E-state index in [9.17, 15) is 17.6 Å². The maximum absolute atomic E-state index is 14.0. The summed E-state index contributed by atoms with van der Waals surface area (Å²) in [5.74, 6) is 0.204. The summed E-state index contributed by atoms with van der Waals surface area (Å²) in [5.41, 5.74) is 1.77. The van der Waals surface area contributed by atoms with Crippen molar-refractivity contribution in [1.82, 2.24) is 4.98 Å². The van der Waals surface area contributed by atoms with E-state index in [1.165, 1.54) is 44.6 Å². The first-order chi connectivity index (χ1) is 17.1. The van der Waals surface area contributed by atoms with Crippen molar-refractivity contribution in [3.63, 3.8) is 0 Å². The zero-order chi connectivity index (χ0) is 26.0. The number of benzene rings is 3. The van der Waals surface area contributed by atoms with Gasteiger partial charge in [0.15, 0.2) is 15.6 Å². The smallest absolute Gasteiger partial charge is 0.191 e.